The van der Waals surface area contributed by atoms with E-state index in [1.54, 1.807) is 12.3 Å². The Kier molecular flexibility index (Phi) is 4.72. The maximum Gasteiger partial charge on any atom is 0.274 e. The zero-order valence-corrected chi connectivity index (χ0v) is 13.0. The number of benzene rings is 1. The van der Waals surface area contributed by atoms with E-state index < -0.39 is 11.7 Å². The first-order valence-electron chi connectivity index (χ1n) is 6.96. The van der Waals surface area contributed by atoms with Crippen molar-refractivity contribution in [3.63, 3.8) is 0 Å². The van der Waals surface area contributed by atoms with Crippen LogP contribution in [0.25, 0.3) is 0 Å². The van der Waals surface area contributed by atoms with Gasteiger partial charge < -0.3 is 15.1 Å². The number of halogens is 2. The highest BCUT2D eigenvalue weighted by Crippen LogP contribution is 2.20. The molecule has 0 aliphatic carbocycles. The molecule has 6 nitrogen and oxygen atoms in total. The van der Waals surface area contributed by atoms with Crippen LogP contribution in [0, 0.1) is 5.82 Å². The third-order valence-electron chi connectivity index (χ3n) is 3.10. The minimum Gasteiger partial charge on any atom is -0.467 e. The first-order valence-corrected chi connectivity index (χ1v) is 7.34. The summed E-state index contributed by atoms with van der Waals surface area (Å²) < 4.78 is 18.3. The Balaban J connectivity index is 1.68. The van der Waals surface area contributed by atoms with E-state index in [9.17, 15) is 9.18 Å². The molecule has 0 spiro atoms. The number of nitrogens with one attached hydrogen (secondary N) is 2. The molecule has 3 rings (SSSR count). The average molecular weight is 347 g/mol. The molecule has 1 aromatic carbocycles. The van der Waals surface area contributed by atoms with Crippen molar-refractivity contribution in [2.24, 2.45) is 0 Å². The maximum absolute atomic E-state index is 13.1. The minimum absolute atomic E-state index is 0.0729. The van der Waals surface area contributed by atoms with Crippen LogP contribution < -0.4 is 10.6 Å². The van der Waals surface area contributed by atoms with Crippen LogP contribution in [0.3, 0.4) is 0 Å². The Labute approximate surface area is 141 Å². The molecule has 2 heterocycles. The lowest BCUT2D eigenvalue weighted by molar-refractivity contribution is 0.102. The largest absolute Gasteiger partial charge is 0.467 e. The molecule has 2 N–H and O–H groups in total. The summed E-state index contributed by atoms with van der Waals surface area (Å²) in [5, 5.41) is 5.55. The van der Waals surface area contributed by atoms with Gasteiger partial charge in [0.1, 0.15) is 29.4 Å². The van der Waals surface area contributed by atoms with E-state index in [-0.39, 0.29) is 10.7 Å². The van der Waals surface area contributed by atoms with E-state index in [2.05, 4.69) is 20.6 Å². The molecule has 0 saturated carbocycles. The molecule has 0 aliphatic rings. The number of carbonyl (C=O) groups excluding carboxylic acids is 1. The average Bonchev–Trinajstić information content (AvgIpc) is 3.10. The van der Waals surface area contributed by atoms with Crippen LogP contribution in [-0.4, -0.2) is 15.9 Å². The quantitative estimate of drug-likeness (QED) is 0.736. The van der Waals surface area contributed by atoms with Crippen LogP contribution >= 0.6 is 11.6 Å². The Morgan fingerprint density at radius 2 is 2.12 bits per heavy atom. The summed E-state index contributed by atoms with van der Waals surface area (Å²) in [7, 11) is 0. The highest BCUT2D eigenvalue weighted by molar-refractivity contribution is 6.31. The molecule has 0 atom stereocenters. The molecule has 0 unspecified atom stereocenters. The predicted molar refractivity (Wildman–Crippen MR) is 87.4 cm³/mol. The van der Waals surface area contributed by atoms with Gasteiger partial charge in [0.15, 0.2) is 0 Å². The predicted octanol–water partition coefficient (Wildman–Crippen LogP) is 3.73. The van der Waals surface area contributed by atoms with E-state index in [0.29, 0.717) is 18.1 Å². The number of rotatable bonds is 5. The summed E-state index contributed by atoms with van der Waals surface area (Å²) in [6.45, 7) is 0.429. The minimum atomic E-state index is -0.555. The lowest BCUT2D eigenvalue weighted by Crippen LogP contribution is -2.14. The first-order chi connectivity index (χ1) is 11.6. The van der Waals surface area contributed by atoms with Crippen LogP contribution in [0.1, 0.15) is 16.2 Å². The summed E-state index contributed by atoms with van der Waals surface area (Å²) >= 11 is 5.69. The van der Waals surface area contributed by atoms with E-state index in [1.807, 2.05) is 6.07 Å². The number of anilines is 2. The number of furan rings is 1. The van der Waals surface area contributed by atoms with E-state index >= 15 is 0 Å². The molecular weight excluding hydrogens is 335 g/mol. The van der Waals surface area contributed by atoms with Crippen molar-refractivity contribution in [3.05, 3.63) is 71.3 Å². The SMILES string of the molecule is O=C(Nc1ccc(F)c(Cl)c1)c1cc(NCc2ccco2)ncn1. The lowest BCUT2D eigenvalue weighted by atomic mass is 10.3. The second kappa shape index (κ2) is 7.10. The zero-order valence-electron chi connectivity index (χ0n) is 12.3. The van der Waals surface area contributed by atoms with Gasteiger partial charge in [0.05, 0.1) is 17.8 Å². The summed E-state index contributed by atoms with van der Waals surface area (Å²) in [4.78, 5) is 20.2. The smallest absolute Gasteiger partial charge is 0.274 e. The van der Waals surface area contributed by atoms with Crippen molar-refractivity contribution < 1.29 is 13.6 Å². The van der Waals surface area contributed by atoms with Gasteiger partial charge in [0.25, 0.3) is 5.91 Å². The van der Waals surface area contributed by atoms with Gasteiger partial charge >= 0.3 is 0 Å². The summed E-state index contributed by atoms with van der Waals surface area (Å²) in [6.07, 6.45) is 2.85. The van der Waals surface area contributed by atoms with Crippen molar-refractivity contribution in [2.75, 3.05) is 10.6 Å². The summed E-state index contributed by atoms with van der Waals surface area (Å²) in [5.41, 5.74) is 0.530. The third kappa shape index (κ3) is 3.88. The normalized spacial score (nSPS) is 10.4. The summed E-state index contributed by atoms with van der Waals surface area (Å²) in [6, 6.07) is 9.02. The fraction of sp³-hybridized carbons (Fsp3) is 0.0625. The van der Waals surface area contributed by atoms with Gasteiger partial charge in [-0.25, -0.2) is 14.4 Å². The van der Waals surface area contributed by atoms with Crippen LogP contribution in [0.2, 0.25) is 5.02 Å². The monoisotopic (exact) mass is 346 g/mol. The van der Waals surface area contributed by atoms with Crippen LogP contribution in [0.5, 0.6) is 0 Å². The molecule has 1 amide bonds. The van der Waals surface area contributed by atoms with Crippen molar-refractivity contribution in [2.45, 2.75) is 6.54 Å². The molecule has 24 heavy (non-hydrogen) atoms. The number of carbonyl (C=O) groups is 1. The second-order valence-electron chi connectivity index (χ2n) is 4.80. The molecule has 3 aromatic rings. The van der Waals surface area contributed by atoms with Gasteiger partial charge in [-0.2, -0.15) is 0 Å². The van der Waals surface area contributed by atoms with Gasteiger partial charge in [-0.1, -0.05) is 11.6 Å². The number of nitrogens with zero attached hydrogens (tertiary/aromatic N) is 2. The van der Waals surface area contributed by atoms with Crippen LogP contribution in [0.4, 0.5) is 15.9 Å². The number of amides is 1. The first kappa shape index (κ1) is 15.9. The van der Waals surface area contributed by atoms with Crippen LogP contribution in [-0.2, 0) is 6.54 Å². The molecule has 2 aromatic heterocycles. The molecular formula is C16H12ClFN4O2. The Morgan fingerprint density at radius 1 is 1.25 bits per heavy atom. The van der Waals surface area contributed by atoms with Crippen molar-refractivity contribution in [1.29, 1.82) is 0 Å². The van der Waals surface area contributed by atoms with Crippen LogP contribution in [0.15, 0.2) is 53.4 Å². The number of hydrogen-bond acceptors (Lipinski definition) is 5. The van der Waals surface area contributed by atoms with Gasteiger partial charge in [-0.15, -0.1) is 0 Å². The molecule has 122 valence electrons. The van der Waals surface area contributed by atoms with Crippen molar-refractivity contribution >= 4 is 29.0 Å². The maximum atomic E-state index is 13.1. The van der Waals surface area contributed by atoms with Gasteiger partial charge in [0.2, 0.25) is 0 Å². The molecule has 0 fully saturated rings. The molecule has 0 aliphatic heterocycles. The fourth-order valence-electron chi connectivity index (χ4n) is 1.94. The molecule has 8 heteroatoms. The Morgan fingerprint density at radius 3 is 2.88 bits per heavy atom. The molecule has 0 bridgehead atoms. The topological polar surface area (TPSA) is 80.0 Å². The highest BCUT2D eigenvalue weighted by atomic mass is 35.5. The summed E-state index contributed by atoms with van der Waals surface area (Å²) in [5.74, 6) is 0.200. The van der Waals surface area contributed by atoms with E-state index in [4.69, 9.17) is 16.0 Å². The van der Waals surface area contributed by atoms with E-state index in [0.717, 1.165) is 5.76 Å². The van der Waals surface area contributed by atoms with Crippen molar-refractivity contribution in [1.82, 2.24) is 9.97 Å². The van der Waals surface area contributed by atoms with Gasteiger partial charge in [-0.05, 0) is 30.3 Å². The third-order valence-corrected chi connectivity index (χ3v) is 3.39. The number of hydrogen-bond donors (Lipinski definition) is 2. The molecule has 0 radical (unpaired) electrons. The zero-order chi connectivity index (χ0) is 16.9. The molecule has 0 saturated heterocycles. The van der Waals surface area contributed by atoms with Crippen molar-refractivity contribution in [3.8, 4) is 0 Å². The lowest BCUT2D eigenvalue weighted by Gasteiger charge is -2.07. The fourth-order valence-corrected chi connectivity index (χ4v) is 2.12. The Bertz CT molecular complexity index is 855. The highest BCUT2D eigenvalue weighted by Gasteiger charge is 2.10. The Hall–Kier alpha value is -2.93. The standard InChI is InChI=1S/C16H12ClFN4O2/c17-12-6-10(3-4-13(12)18)22-16(23)14-7-15(21-9-20-14)19-8-11-2-1-5-24-11/h1-7,9H,8H2,(H,22,23)(H,19,20,21). The van der Waals surface area contributed by atoms with Gasteiger partial charge in [0, 0.05) is 11.8 Å². The van der Waals surface area contributed by atoms with E-state index in [1.165, 1.54) is 30.6 Å². The second-order valence-corrected chi connectivity index (χ2v) is 5.21. The number of aromatic nitrogens is 2. The van der Waals surface area contributed by atoms with Gasteiger partial charge in [-0.3, -0.25) is 4.79 Å².